The first kappa shape index (κ1) is 16.8. The molecule has 2 N–H and O–H groups in total. The van der Waals surface area contributed by atoms with Gasteiger partial charge in [0, 0.05) is 25.2 Å². The second kappa shape index (κ2) is 9.61. The summed E-state index contributed by atoms with van der Waals surface area (Å²) in [7, 11) is 1.69. The summed E-state index contributed by atoms with van der Waals surface area (Å²) in [6.45, 7) is 6.47. The molecular weight excluding hydrogens is 274 g/mol. The van der Waals surface area contributed by atoms with Gasteiger partial charge in [0.2, 0.25) is 0 Å². The number of benzene rings is 1. The maximum Gasteiger partial charge on any atom is 0.191 e. The molecule has 1 aromatic rings. The van der Waals surface area contributed by atoms with E-state index in [9.17, 15) is 0 Å². The van der Waals surface area contributed by atoms with Crippen molar-refractivity contribution in [3.05, 3.63) is 34.9 Å². The van der Waals surface area contributed by atoms with Gasteiger partial charge in [-0.15, -0.1) is 0 Å². The molecule has 0 radical (unpaired) electrons. The maximum absolute atomic E-state index is 6.01. The zero-order chi connectivity index (χ0) is 14.8. The summed E-state index contributed by atoms with van der Waals surface area (Å²) < 4.78 is 5.50. The number of nitrogens with zero attached hydrogens (tertiary/aromatic N) is 1. The Labute approximate surface area is 126 Å². The van der Waals surface area contributed by atoms with Gasteiger partial charge in [0.05, 0.1) is 6.54 Å². The number of methoxy groups -OCH3 is 1. The molecule has 112 valence electrons. The molecule has 4 nitrogen and oxygen atoms in total. The molecule has 0 bridgehead atoms. The molecule has 0 spiro atoms. The summed E-state index contributed by atoms with van der Waals surface area (Å²) >= 11 is 6.01. The second-order valence-corrected chi connectivity index (χ2v) is 4.86. The summed E-state index contributed by atoms with van der Waals surface area (Å²) in [5.41, 5.74) is 1.04. The van der Waals surface area contributed by atoms with Crippen LogP contribution in [-0.2, 0) is 4.74 Å². The van der Waals surface area contributed by atoms with Gasteiger partial charge in [-0.2, -0.15) is 0 Å². The first-order chi connectivity index (χ1) is 9.71. The van der Waals surface area contributed by atoms with Gasteiger partial charge >= 0.3 is 0 Å². The van der Waals surface area contributed by atoms with E-state index in [1.807, 2.05) is 31.2 Å². The lowest BCUT2D eigenvalue weighted by atomic mass is 10.1. The number of guanidine groups is 1. The molecule has 0 aliphatic carbocycles. The highest BCUT2D eigenvalue weighted by Gasteiger charge is 2.10. The van der Waals surface area contributed by atoms with Crippen LogP contribution in [0, 0.1) is 0 Å². The van der Waals surface area contributed by atoms with E-state index in [2.05, 4.69) is 22.5 Å². The van der Waals surface area contributed by atoms with E-state index >= 15 is 0 Å². The summed E-state index contributed by atoms with van der Waals surface area (Å²) in [6.07, 6.45) is 0.970. The van der Waals surface area contributed by atoms with Crippen LogP contribution in [0.2, 0.25) is 5.02 Å². The van der Waals surface area contributed by atoms with E-state index in [-0.39, 0.29) is 6.10 Å². The van der Waals surface area contributed by atoms with Gasteiger partial charge in [-0.1, -0.05) is 30.7 Å². The van der Waals surface area contributed by atoms with Crippen molar-refractivity contribution in [2.45, 2.75) is 26.4 Å². The number of nitrogens with one attached hydrogen (secondary N) is 2. The number of halogens is 1. The molecule has 0 heterocycles. The first-order valence-electron chi connectivity index (χ1n) is 7.01. The summed E-state index contributed by atoms with van der Waals surface area (Å²) in [6, 6.07) is 7.70. The van der Waals surface area contributed by atoms with Gasteiger partial charge in [0.25, 0.3) is 0 Å². The summed E-state index contributed by atoms with van der Waals surface area (Å²) in [5.74, 6) is 0.818. The Bertz CT molecular complexity index is 423. The third-order valence-electron chi connectivity index (χ3n) is 2.81. The van der Waals surface area contributed by atoms with Crippen molar-refractivity contribution >= 4 is 17.6 Å². The lowest BCUT2D eigenvalue weighted by Gasteiger charge is -2.16. The lowest BCUT2D eigenvalue weighted by Crippen LogP contribution is -2.38. The number of aliphatic imine (C=N–C) groups is 1. The average molecular weight is 298 g/mol. The molecule has 0 fully saturated rings. The van der Waals surface area contributed by atoms with E-state index in [0.717, 1.165) is 31.0 Å². The minimum atomic E-state index is -0.0919. The molecule has 1 aromatic carbocycles. The average Bonchev–Trinajstić information content (AvgIpc) is 2.45. The van der Waals surface area contributed by atoms with Crippen LogP contribution in [0.25, 0.3) is 0 Å². The third-order valence-corrected chi connectivity index (χ3v) is 3.04. The second-order valence-electron chi connectivity index (χ2n) is 4.43. The van der Waals surface area contributed by atoms with Gasteiger partial charge in [-0.05, 0) is 31.0 Å². The predicted molar refractivity (Wildman–Crippen MR) is 85.5 cm³/mol. The van der Waals surface area contributed by atoms with Crippen molar-refractivity contribution < 1.29 is 4.74 Å². The number of rotatable bonds is 7. The fraction of sp³-hybridized carbons (Fsp3) is 0.533. The van der Waals surface area contributed by atoms with Crippen LogP contribution >= 0.6 is 11.6 Å². The van der Waals surface area contributed by atoms with Crippen LogP contribution in [0.5, 0.6) is 0 Å². The van der Waals surface area contributed by atoms with Crippen LogP contribution in [0.4, 0.5) is 0 Å². The lowest BCUT2D eigenvalue weighted by molar-refractivity contribution is 0.111. The van der Waals surface area contributed by atoms with E-state index in [1.54, 1.807) is 7.11 Å². The number of hydrogen-bond acceptors (Lipinski definition) is 2. The van der Waals surface area contributed by atoms with Crippen molar-refractivity contribution in [1.82, 2.24) is 10.6 Å². The highest BCUT2D eigenvalue weighted by atomic mass is 35.5. The highest BCUT2D eigenvalue weighted by molar-refractivity contribution is 6.30. The Balaban J connectivity index is 2.70. The Kier molecular flexibility index (Phi) is 8.07. The SMILES string of the molecule is CCCNC(=NCC(OC)c1cccc(Cl)c1)NCC. The number of ether oxygens (including phenoxy) is 1. The molecule has 1 unspecified atom stereocenters. The van der Waals surface area contributed by atoms with Gasteiger partial charge in [-0.3, -0.25) is 4.99 Å². The molecule has 0 saturated heterocycles. The van der Waals surface area contributed by atoms with Crippen molar-refractivity contribution in [2.24, 2.45) is 4.99 Å². The Morgan fingerprint density at radius 3 is 2.75 bits per heavy atom. The normalized spacial score (nSPS) is 13.1. The van der Waals surface area contributed by atoms with Crippen LogP contribution in [0.1, 0.15) is 31.9 Å². The van der Waals surface area contributed by atoms with E-state index in [1.165, 1.54) is 0 Å². The summed E-state index contributed by atoms with van der Waals surface area (Å²) in [5, 5.41) is 7.20. The third kappa shape index (κ3) is 5.80. The molecule has 0 saturated carbocycles. The molecule has 0 aliphatic rings. The molecule has 20 heavy (non-hydrogen) atoms. The molecule has 0 aliphatic heterocycles. The summed E-state index contributed by atoms with van der Waals surface area (Å²) in [4.78, 5) is 4.55. The largest absolute Gasteiger partial charge is 0.375 e. The van der Waals surface area contributed by atoms with Crippen molar-refractivity contribution in [3.8, 4) is 0 Å². The van der Waals surface area contributed by atoms with Gasteiger partial charge < -0.3 is 15.4 Å². The smallest absolute Gasteiger partial charge is 0.191 e. The van der Waals surface area contributed by atoms with Gasteiger partial charge in [0.15, 0.2) is 5.96 Å². The minimum Gasteiger partial charge on any atom is -0.375 e. The van der Waals surface area contributed by atoms with Crippen molar-refractivity contribution in [1.29, 1.82) is 0 Å². The van der Waals surface area contributed by atoms with Crippen LogP contribution < -0.4 is 10.6 Å². The van der Waals surface area contributed by atoms with E-state index in [0.29, 0.717) is 11.6 Å². The zero-order valence-corrected chi connectivity index (χ0v) is 13.2. The quantitative estimate of drug-likeness (QED) is 0.601. The van der Waals surface area contributed by atoms with Crippen molar-refractivity contribution in [2.75, 3.05) is 26.7 Å². The Hall–Kier alpha value is -1.26. The molecule has 1 atom stereocenters. The van der Waals surface area contributed by atoms with Crippen LogP contribution in [-0.4, -0.2) is 32.7 Å². The van der Waals surface area contributed by atoms with Crippen molar-refractivity contribution in [3.63, 3.8) is 0 Å². The Morgan fingerprint density at radius 2 is 2.15 bits per heavy atom. The predicted octanol–water partition coefficient (Wildman–Crippen LogP) is 2.99. The molecule has 5 heteroatoms. The molecule has 1 rings (SSSR count). The highest BCUT2D eigenvalue weighted by Crippen LogP contribution is 2.20. The minimum absolute atomic E-state index is 0.0919. The Morgan fingerprint density at radius 1 is 1.35 bits per heavy atom. The van der Waals surface area contributed by atoms with Crippen LogP contribution in [0.15, 0.2) is 29.3 Å². The fourth-order valence-corrected chi connectivity index (χ4v) is 1.98. The van der Waals surface area contributed by atoms with Gasteiger partial charge in [-0.25, -0.2) is 0 Å². The topological polar surface area (TPSA) is 45.7 Å². The zero-order valence-electron chi connectivity index (χ0n) is 12.4. The van der Waals surface area contributed by atoms with Crippen LogP contribution in [0.3, 0.4) is 0 Å². The molecule has 0 amide bonds. The van der Waals surface area contributed by atoms with E-state index < -0.39 is 0 Å². The molecule has 0 aromatic heterocycles. The first-order valence-corrected chi connectivity index (χ1v) is 7.39. The monoisotopic (exact) mass is 297 g/mol. The van der Waals surface area contributed by atoms with E-state index in [4.69, 9.17) is 16.3 Å². The maximum atomic E-state index is 6.01. The van der Waals surface area contributed by atoms with Gasteiger partial charge in [0.1, 0.15) is 6.10 Å². The molecular formula is C15H24ClN3O. The fourth-order valence-electron chi connectivity index (χ4n) is 1.78. The standard InChI is InChI=1S/C15H24ClN3O/c1-4-9-18-15(17-5-2)19-11-14(20-3)12-7-6-8-13(16)10-12/h6-8,10,14H,4-5,9,11H2,1-3H3,(H2,17,18,19). The number of hydrogen-bond donors (Lipinski definition) is 2.